The highest BCUT2D eigenvalue weighted by molar-refractivity contribution is 5.88. The highest BCUT2D eigenvalue weighted by atomic mass is 16.5. The number of hydrogen-bond acceptors (Lipinski definition) is 4. The van der Waals surface area contributed by atoms with Crippen LogP contribution >= 0.6 is 0 Å². The molecule has 0 amide bonds. The molecule has 1 rings (SSSR count). The minimum atomic E-state index is -0.996. The largest absolute Gasteiger partial charge is 0.493 e. The van der Waals surface area contributed by atoms with Gasteiger partial charge in [0.25, 0.3) is 0 Å². The summed E-state index contributed by atoms with van der Waals surface area (Å²) < 4.78 is 16.0. The summed E-state index contributed by atoms with van der Waals surface area (Å²) in [4.78, 5) is 10.9. The van der Waals surface area contributed by atoms with E-state index in [-0.39, 0.29) is 11.2 Å². The molecule has 0 bridgehead atoms. The van der Waals surface area contributed by atoms with Gasteiger partial charge in [-0.05, 0) is 32.0 Å². The molecule has 1 aromatic rings. The zero-order valence-corrected chi connectivity index (χ0v) is 11.7. The first-order valence-electron chi connectivity index (χ1n) is 5.99. The molecule has 0 fully saturated rings. The molecule has 0 heterocycles. The van der Waals surface area contributed by atoms with Gasteiger partial charge in [-0.3, -0.25) is 0 Å². The number of rotatable bonds is 7. The van der Waals surface area contributed by atoms with E-state index >= 15 is 0 Å². The van der Waals surface area contributed by atoms with Crippen LogP contribution < -0.4 is 9.47 Å². The lowest BCUT2D eigenvalue weighted by Gasteiger charge is -2.23. The van der Waals surface area contributed by atoms with E-state index in [0.29, 0.717) is 24.5 Å². The second-order valence-electron chi connectivity index (χ2n) is 4.73. The Labute approximate surface area is 113 Å². The van der Waals surface area contributed by atoms with Crippen LogP contribution in [0.2, 0.25) is 0 Å². The summed E-state index contributed by atoms with van der Waals surface area (Å²) in [5.74, 6) is -0.0562. The standard InChI is InChI=1S/C14H20O5/c1-14(2,18-4)7-8-19-12-9-10(13(15)16)5-6-11(12)17-3/h5-6,9H,7-8H2,1-4H3,(H,15,16). The summed E-state index contributed by atoms with van der Waals surface area (Å²) in [6.45, 7) is 4.34. The van der Waals surface area contributed by atoms with Crippen LogP contribution in [0.15, 0.2) is 18.2 Å². The summed E-state index contributed by atoms with van der Waals surface area (Å²) in [6, 6.07) is 4.52. The van der Waals surface area contributed by atoms with E-state index in [1.807, 2.05) is 13.8 Å². The Morgan fingerprint density at radius 3 is 2.47 bits per heavy atom. The average molecular weight is 268 g/mol. The fraction of sp³-hybridized carbons (Fsp3) is 0.500. The molecule has 0 aliphatic rings. The lowest BCUT2D eigenvalue weighted by Crippen LogP contribution is -2.25. The highest BCUT2D eigenvalue weighted by Crippen LogP contribution is 2.28. The van der Waals surface area contributed by atoms with E-state index in [1.54, 1.807) is 13.2 Å². The summed E-state index contributed by atoms with van der Waals surface area (Å²) in [5, 5.41) is 8.95. The lowest BCUT2D eigenvalue weighted by molar-refractivity contribution is 0.00522. The molecule has 5 nitrogen and oxygen atoms in total. The van der Waals surface area contributed by atoms with Crippen molar-refractivity contribution >= 4 is 5.97 Å². The zero-order valence-electron chi connectivity index (χ0n) is 11.7. The van der Waals surface area contributed by atoms with Crippen molar-refractivity contribution < 1.29 is 24.1 Å². The number of carboxylic acids is 1. The Balaban J connectivity index is 2.75. The quantitative estimate of drug-likeness (QED) is 0.823. The Bertz CT molecular complexity index is 439. The van der Waals surface area contributed by atoms with Gasteiger partial charge >= 0.3 is 5.97 Å². The van der Waals surface area contributed by atoms with Crippen molar-refractivity contribution in [2.24, 2.45) is 0 Å². The molecular formula is C14H20O5. The third kappa shape index (κ3) is 4.44. The molecule has 1 N–H and O–H groups in total. The molecule has 1 aromatic carbocycles. The molecule has 0 aromatic heterocycles. The molecule has 0 atom stereocenters. The maximum absolute atomic E-state index is 10.9. The predicted molar refractivity (Wildman–Crippen MR) is 71.2 cm³/mol. The number of hydrogen-bond donors (Lipinski definition) is 1. The molecule has 0 aliphatic heterocycles. The van der Waals surface area contributed by atoms with E-state index in [9.17, 15) is 4.79 Å². The topological polar surface area (TPSA) is 65.0 Å². The van der Waals surface area contributed by atoms with E-state index in [0.717, 1.165) is 0 Å². The first-order chi connectivity index (χ1) is 8.89. The van der Waals surface area contributed by atoms with Gasteiger partial charge in [0.1, 0.15) is 0 Å². The number of benzene rings is 1. The molecule has 0 spiro atoms. The fourth-order valence-electron chi connectivity index (χ4n) is 1.43. The summed E-state index contributed by atoms with van der Waals surface area (Å²) in [5.41, 5.74) is -0.112. The molecule has 0 saturated carbocycles. The Morgan fingerprint density at radius 2 is 1.95 bits per heavy atom. The van der Waals surface area contributed by atoms with E-state index in [4.69, 9.17) is 19.3 Å². The van der Waals surface area contributed by atoms with Crippen LogP contribution in [0.4, 0.5) is 0 Å². The molecule has 5 heteroatoms. The van der Waals surface area contributed by atoms with Crippen LogP contribution in [-0.4, -0.2) is 37.5 Å². The second kappa shape index (κ2) is 6.43. The van der Waals surface area contributed by atoms with Gasteiger partial charge in [0.05, 0.1) is 24.9 Å². The van der Waals surface area contributed by atoms with Crippen molar-refractivity contribution in [3.05, 3.63) is 23.8 Å². The average Bonchev–Trinajstić information content (AvgIpc) is 2.38. The Morgan fingerprint density at radius 1 is 1.26 bits per heavy atom. The van der Waals surface area contributed by atoms with Gasteiger partial charge in [0.15, 0.2) is 11.5 Å². The minimum absolute atomic E-state index is 0.168. The van der Waals surface area contributed by atoms with Gasteiger partial charge in [-0.25, -0.2) is 4.79 Å². The number of ether oxygens (including phenoxy) is 3. The third-order valence-electron chi connectivity index (χ3n) is 2.92. The lowest BCUT2D eigenvalue weighted by atomic mass is 10.1. The van der Waals surface area contributed by atoms with Gasteiger partial charge in [-0.2, -0.15) is 0 Å². The van der Waals surface area contributed by atoms with Crippen LogP contribution in [0.25, 0.3) is 0 Å². The minimum Gasteiger partial charge on any atom is -0.493 e. The van der Waals surface area contributed by atoms with Crippen molar-refractivity contribution in [2.45, 2.75) is 25.9 Å². The highest BCUT2D eigenvalue weighted by Gasteiger charge is 2.17. The molecule has 106 valence electrons. The molecule has 0 unspecified atom stereocenters. The molecule has 0 saturated heterocycles. The first-order valence-corrected chi connectivity index (χ1v) is 5.99. The van der Waals surface area contributed by atoms with Crippen molar-refractivity contribution in [3.63, 3.8) is 0 Å². The van der Waals surface area contributed by atoms with E-state index < -0.39 is 5.97 Å². The summed E-state index contributed by atoms with van der Waals surface area (Å²) >= 11 is 0. The van der Waals surface area contributed by atoms with Crippen LogP contribution in [-0.2, 0) is 4.74 Å². The molecule has 19 heavy (non-hydrogen) atoms. The van der Waals surface area contributed by atoms with Crippen LogP contribution in [0.3, 0.4) is 0 Å². The maximum atomic E-state index is 10.9. The van der Waals surface area contributed by atoms with Crippen molar-refractivity contribution in [2.75, 3.05) is 20.8 Å². The zero-order chi connectivity index (χ0) is 14.5. The smallest absolute Gasteiger partial charge is 0.335 e. The second-order valence-corrected chi connectivity index (χ2v) is 4.73. The third-order valence-corrected chi connectivity index (χ3v) is 2.92. The Kier molecular flexibility index (Phi) is 5.18. The maximum Gasteiger partial charge on any atom is 0.335 e. The van der Waals surface area contributed by atoms with Crippen LogP contribution in [0.5, 0.6) is 11.5 Å². The van der Waals surface area contributed by atoms with Gasteiger partial charge in [-0.15, -0.1) is 0 Å². The van der Waals surface area contributed by atoms with Gasteiger partial charge in [0.2, 0.25) is 0 Å². The van der Waals surface area contributed by atoms with Crippen LogP contribution in [0, 0.1) is 0 Å². The SMILES string of the molecule is COc1ccc(C(=O)O)cc1OCCC(C)(C)OC. The van der Waals surface area contributed by atoms with Crippen LogP contribution in [0.1, 0.15) is 30.6 Å². The number of carboxylic acid groups (broad SMARTS) is 1. The molecule has 0 aliphatic carbocycles. The molecular weight excluding hydrogens is 248 g/mol. The monoisotopic (exact) mass is 268 g/mol. The fourth-order valence-corrected chi connectivity index (χ4v) is 1.43. The van der Waals surface area contributed by atoms with Crippen molar-refractivity contribution in [1.29, 1.82) is 0 Å². The summed E-state index contributed by atoms with van der Waals surface area (Å²) in [7, 11) is 3.16. The summed E-state index contributed by atoms with van der Waals surface area (Å²) in [6.07, 6.45) is 0.684. The normalized spacial score (nSPS) is 11.2. The van der Waals surface area contributed by atoms with E-state index in [2.05, 4.69) is 0 Å². The number of methoxy groups -OCH3 is 2. The van der Waals surface area contributed by atoms with Gasteiger partial charge < -0.3 is 19.3 Å². The molecule has 0 radical (unpaired) electrons. The number of aromatic carboxylic acids is 1. The number of carbonyl (C=O) groups is 1. The van der Waals surface area contributed by atoms with Crippen molar-refractivity contribution in [3.8, 4) is 11.5 Å². The van der Waals surface area contributed by atoms with Crippen molar-refractivity contribution in [1.82, 2.24) is 0 Å². The first kappa shape index (κ1) is 15.3. The predicted octanol–water partition coefficient (Wildman–Crippen LogP) is 2.59. The van der Waals surface area contributed by atoms with Gasteiger partial charge in [-0.1, -0.05) is 0 Å². The van der Waals surface area contributed by atoms with Gasteiger partial charge in [0, 0.05) is 13.5 Å². The van der Waals surface area contributed by atoms with E-state index in [1.165, 1.54) is 19.2 Å². The Hall–Kier alpha value is -1.75.